The monoisotopic (exact) mass is 294 g/mol. The number of Topliss-reactive ketones (excluding diaryl/α,β-unsaturated/α-hetero) is 1. The largest absolute Gasteiger partial charge is 0.468 e. The van der Waals surface area contributed by atoms with Gasteiger partial charge in [0.1, 0.15) is 10.8 Å². The summed E-state index contributed by atoms with van der Waals surface area (Å²) in [4.78, 5) is 37.8. The van der Waals surface area contributed by atoms with E-state index in [1.165, 1.54) is 14.2 Å². The van der Waals surface area contributed by atoms with Gasteiger partial charge in [0.25, 0.3) is 0 Å². The van der Waals surface area contributed by atoms with Crippen LogP contribution in [0.3, 0.4) is 0 Å². The van der Waals surface area contributed by atoms with Crippen LogP contribution in [0.4, 0.5) is 0 Å². The molecular formula is C16H22O5. The Hall–Kier alpha value is -1.65. The topological polar surface area (TPSA) is 69.7 Å². The average Bonchev–Trinajstić information content (AvgIpc) is 2.53. The van der Waals surface area contributed by atoms with E-state index >= 15 is 0 Å². The molecule has 2 unspecified atom stereocenters. The summed E-state index contributed by atoms with van der Waals surface area (Å²) in [6, 6.07) is 0. The van der Waals surface area contributed by atoms with Gasteiger partial charge in [-0.25, -0.2) is 0 Å². The predicted octanol–water partition coefficient (Wildman–Crippen LogP) is 2.19. The van der Waals surface area contributed by atoms with Gasteiger partial charge in [-0.15, -0.1) is 0 Å². The number of ether oxygens (including phenoxy) is 2. The molecule has 0 saturated heterocycles. The molecule has 1 fully saturated rings. The van der Waals surface area contributed by atoms with Gasteiger partial charge in [0, 0.05) is 0 Å². The van der Waals surface area contributed by atoms with Crippen LogP contribution >= 0.6 is 0 Å². The van der Waals surface area contributed by atoms with Gasteiger partial charge in [0.05, 0.1) is 14.2 Å². The van der Waals surface area contributed by atoms with E-state index in [4.69, 9.17) is 9.47 Å². The van der Waals surface area contributed by atoms with Crippen molar-refractivity contribution < 1.29 is 23.9 Å². The van der Waals surface area contributed by atoms with Crippen LogP contribution in [0.2, 0.25) is 0 Å². The molecule has 2 aliphatic rings. The smallest absolute Gasteiger partial charge is 0.319 e. The molecule has 0 spiro atoms. The SMILES string of the molecule is COC(=O)C12CCCC(C(=O)OC)(CC(C)=C(C)C1)C2=O. The highest BCUT2D eigenvalue weighted by molar-refractivity contribution is 6.15. The summed E-state index contributed by atoms with van der Waals surface area (Å²) in [5, 5.41) is 0. The Kier molecular flexibility index (Phi) is 3.95. The number of hydrogen-bond acceptors (Lipinski definition) is 5. The minimum Gasteiger partial charge on any atom is -0.468 e. The highest BCUT2D eigenvalue weighted by Gasteiger charge is 2.62. The summed E-state index contributed by atoms with van der Waals surface area (Å²) < 4.78 is 9.80. The Morgan fingerprint density at radius 3 is 1.62 bits per heavy atom. The third-order valence-electron chi connectivity index (χ3n) is 5.09. The van der Waals surface area contributed by atoms with Gasteiger partial charge < -0.3 is 9.47 Å². The molecule has 116 valence electrons. The molecule has 0 N–H and O–H groups in total. The summed E-state index contributed by atoms with van der Waals surface area (Å²) in [6.07, 6.45) is 2.17. The van der Waals surface area contributed by atoms with Crippen LogP contribution in [0.15, 0.2) is 11.1 Å². The van der Waals surface area contributed by atoms with Crippen LogP contribution in [-0.2, 0) is 23.9 Å². The van der Waals surface area contributed by atoms with Gasteiger partial charge in [-0.05, 0) is 39.5 Å². The quantitative estimate of drug-likeness (QED) is 0.443. The van der Waals surface area contributed by atoms with E-state index < -0.39 is 22.8 Å². The molecule has 1 saturated carbocycles. The standard InChI is InChI=1S/C16H22O5/c1-10-8-15(13(18)20-3)6-5-7-16(12(15)17,9-11(10)2)14(19)21-4/h5-9H2,1-4H3. The highest BCUT2D eigenvalue weighted by Crippen LogP contribution is 2.53. The Balaban J connectivity index is 2.65. The van der Waals surface area contributed by atoms with Crippen LogP contribution in [0, 0.1) is 10.8 Å². The van der Waals surface area contributed by atoms with E-state index in [2.05, 4.69) is 0 Å². The fourth-order valence-electron chi connectivity index (χ4n) is 3.85. The highest BCUT2D eigenvalue weighted by atomic mass is 16.5. The van der Waals surface area contributed by atoms with E-state index in [1.807, 2.05) is 13.8 Å². The lowest BCUT2D eigenvalue weighted by molar-refractivity contribution is -0.173. The van der Waals surface area contributed by atoms with Crippen LogP contribution in [0.1, 0.15) is 46.0 Å². The third kappa shape index (κ3) is 2.10. The second-order valence-electron chi connectivity index (χ2n) is 6.24. The molecule has 5 nitrogen and oxygen atoms in total. The predicted molar refractivity (Wildman–Crippen MR) is 75.4 cm³/mol. The first-order valence-electron chi connectivity index (χ1n) is 7.21. The summed E-state index contributed by atoms with van der Waals surface area (Å²) in [7, 11) is 2.57. The molecule has 2 rings (SSSR count). The zero-order valence-electron chi connectivity index (χ0n) is 13.1. The maximum Gasteiger partial charge on any atom is 0.319 e. The van der Waals surface area contributed by atoms with Crippen LogP contribution < -0.4 is 0 Å². The Labute approximate surface area is 124 Å². The fourth-order valence-corrected chi connectivity index (χ4v) is 3.85. The maximum atomic E-state index is 13.1. The molecule has 21 heavy (non-hydrogen) atoms. The second kappa shape index (κ2) is 5.28. The van der Waals surface area contributed by atoms with Crippen molar-refractivity contribution in [3.8, 4) is 0 Å². The minimum atomic E-state index is -1.23. The number of carbonyl (C=O) groups is 3. The summed E-state index contributed by atoms with van der Waals surface area (Å²) in [5.74, 6) is -1.39. The molecule has 2 bridgehead atoms. The summed E-state index contributed by atoms with van der Waals surface area (Å²) in [6.45, 7) is 3.83. The van der Waals surface area contributed by atoms with Crippen molar-refractivity contribution in [2.45, 2.75) is 46.0 Å². The first kappa shape index (κ1) is 15.7. The van der Waals surface area contributed by atoms with Crippen LogP contribution in [0.25, 0.3) is 0 Å². The molecule has 0 amide bonds. The number of esters is 2. The minimum absolute atomic E-state index is 0.323. The van der Waals surface area contributed by atoms with Gasteiger partial charge >= 0.3 is 11.9 Å². The summed E-state index contributed by atoms with van der Waals surface area (Å²) >= 11 is 0. The van der Waals surface area contributed by atoms with Gasteiger partial charge in [0.2, 0.25) is 0 Å². The van der Waals surface area contributed by atoms with Crippen molar-refractivity contribution in [3.05, 3.63) is 11.1 Å². The molecule has 0 aromatic heterocycles. The Morgan fingerprint density at radius 2 is 1.29 bits per heavy atom. The van der Waals surface area contributed by atoms with Crippen molar-refractivity contribution in [1.82, 2.24) is 0 Å². The maximum absolute atomic E-state index is 13.1. The molecule has 0 aromatic carbocycles. The van der Waals surface area contributed by atoms with Crippen LogP contribution in [-0.4, -0.2) is 31.9 Å². The van der Waals surface area contributed by atoms with E-state index in [9.17, 15) is 14.4 Å². The number of allylic oxidation sites excluding steroid dienone is 2. The van der Waals surface area contributed by atoms with Gasteiger partial charge in [-0.1, -0.05) is 17.6 Å². The van der Waals surface area contributed by atoms with Crippen molar-refractivity contribution in [3.63, 3.8) is 0 Å². The van der Waals surface area contributed by atoms with Crippen molar-refractivity contribution >= 4 is 17.7 Å². The third-order valence-corrected chi connectivity index (χ3v) is 5.09. The Morgan fingerprint density at radius 1 is 0.905 bits per heavy atom. The zero-order valence-corrected chi connectivity index (χ0v) is 13.1. The lowest BCUT2D eigenvalue weighted by Gasteiger charge is -2.41. The normalized spacial score (nSPS) is 32.5. The van der Waals surface area contributed by atoms with E-state index in [0.717, 1.165) is 11.1 Å². The number of methoxy groups -OCH3 is 2. The fraction of sp³-hybridized carbons (Fsp3) is 0.688. The first-order valence-corrected chi connectivity index (χ1v) is 7.21. The molecule has 5 heteroatoms. The molecule has 0 radical (unpaired) electrons. The van der Waals surface area contributed by atoms with Crippen LogP contribution in [0.5, 0.6) is 0 Å². The zero-order chi connectivity index (χ0) is 15.8. The number of rotatable bonds is 2. The Bertz CT molecular complexity index is 489. The van der Waals surface area contributed by atoms with Gasteiger partial charge in [0.15, 0.2) is 5.78 Å². The number of ketones is 1. The number of hydrogen-bond donors (Lipinski definition) is 0. The number of fused-ring (bicyclic) bond motifs is 2. The lowest BCUT2D eigenvalue weighted by Crippen LogP contribution is -2.54. The van der Waals surface area contributed by atoms with Crippen molar-refractivity contribution in [2.75, 3.05) is 14.2 Å². The first-order chi connectivity index (χ1) is 9.84. The molecule has 2 aliphatic carbocycles. The molecule has 2 atom stereocenters. The van der Waals surface area contributed by atoms with E-state index in [-0.39, 0.29) is 5.78 Å². The van der Waals surface area contributed by atoms with Gasteiger partial charge in [-0.3, -0.25) is 14.4 Å². The molecule has 0 heterocycles. The molecule has 0 aromatic rings. The van der Waals surface area contributed by atoms with E-state index in [0.29, 0.717) is 32.1 Å². The van der Waals surface area contributed by atoms with Crippen molar-refractivity contribution in [1.29, 1.82) is 0 Å². The second-order valence-corrected chi connectivity index (χ2v) is 6.24. The summed E-state index contributed by atoms with van der Waals surface area (Å²) in [5.41, 5.74) is -0.491. The van der Waals surface area contributed by atoms with Gasteiger partial charge in [-0.2, -0.15) is 0 Å². The molecule has 0 aliphatic heterocycles. The average molecular weight is 294 g/mol. The molecular weight excluding hydrogens is 272 g/mol. The van der Waals surface area contributed by atoms with Crippen molar-refractivity contribution in [2.24, 2.45) is 10.8 Å². The van der Waals surface area contributed by atoms with E-state index in [1.54, 1.807) is 0 Å². The lowest BCUT2D eigenvalue weighted by atomic mass is 9.59. The number of carbonyl (C=O) groups excluding carboxylic acids is 3.